The number of carboxylic acids is 1. The largest absolute Gasteiger partial charge is 0.484 e. The van der Waals surface area contributed by atoms with E-state index in [1.807, 2.05) is 0 Å². The fourth-order valence-corrected chi connectivity index (χ4v) is 2.84. The van der Waals surface area contributed by atoms with Crippen LogP contribution in [0.4, 0.5) is 17.6 Å². The summed E-state index contributed by atoms with van der Waals surface area (Å²) in [6.45, 7) is -1.02. The van der Waals surface area contributed by atoms with Crippen molar-refractivity contribution in [2.45, 2.75) is 19.3 Å². The minimum absolute atomic E-state index is 0.0445. The Morgan fingerprint density at radius 1 is 1.25 bits per heavy atom. The molecule has 3 aromatic rings. The van der Waals surface area contributed by atoms with E-state index >= 15 is 0 Å². The minimum Gasteiger partial charge on any atom is -0.484 e. The highest BCUT2D eigenvalue weighted by Crippen LogP contribution is 2.30. The number of rotatable bonds is 6. The van der Waals surface area contributed by atoms with Crippen LogP contribution in [0.2, 0.25) is 5.02 Å². The van der Waals surface area contributed by atoms with Crippen molar-refractivity contribution in [1.82, 2.24) is 29.3 Å². The van der Waals surface area contributed by atoms with Crippen molar-refractivity contribution in [2.24, 2.45) is 7.05 Å². The summed E-state index contributed by atoms with van der Waals surface area (Å²) < 4.78 is 60.1. The van der Waals surface area contributed by atoms with E-state index < -0.39 is 53.7 Å². The standard InChI is InChI=1S/C16H11ClF4N6O5/c1-25-11(16(19,20)21)4-13(28)27(15(25)31)9-3-10(7(17)2-8(9)18)32-6-12-22-23-24-26(12)5-14(29)30/h2-4H,5-6H2,1H3,(H,29,30). The molecule has 0 aliphatic heterocycles. The van der Waals surface area contributed by atoms with E-state index in [1.165, 1.54) is 0 Å². The van der Waals surface area contributed by atoms with Gasteiger partial charge in [-0.25, -0.2) is 18.4 Å². The summed E-state index contributed by atoms with van der Waals surface area (Å²) in [5, 5.41) is 18.8. The molecule has 0 fully saturated rings. The second-order valence-electron chi connectivity index (χ2n) is 6.21. The third-order valence-corrected chi connectivity index (χ3v) is 4.40. The summed E-state index contributed by atoms with van der Waals surface area (Å²) >= 11 is 5.91. The van der Waals surface area contributed by atoms with Crippen LogP contribution in [0.5, 0.6) is 5.75 Å². The van der Waals surface area contributed by atoms with Crippen molar-refractivity contribution in [3.05, 3.63) is 61.4 Å². The zero-order valence-electron chi connectivity index (χ0n) is 15.8. The number of ether oxygens (including phenoxy) is 1. The van der Waals surface area contributed by atoms with Crippen LogP contribution in [-0.2, 0) is 31.2 Å². The second-order valence-corrected chi connectivity index (χ2v) is 6.62. The number of carbonyl (C=O) groups is 1. The zero-order chi connectivity index (χ0) is 23.8. The highest BCUT2D eigenvalue weighted by atomic mass is 35.5. The van der Waals surface area contributed by atoms with E-state index in [2.05, 4.69) is 15.5 Å². The maximum atomic E-state index is 14.5. The van der Waals surface area contributed by atoms with Crippen molar-refractivity contribution < 1.29 is 32.2 Å². The number of hydrogen-bond acceptors (Lipinski definition) is 7. The Kier molecular flexibility index (Phi) is 6.03. The van der Waals surface area contributed by atoms with Crippen LogP contribution in [0, 0.1) is 5.82 Å². The quantitative estimate of drug-likeness (QED) is 0.519. The molecule has 0 saturated carbocycles. The molecule has 0 aliphatic rings. The van der Waals surface area contributed by atoms with E-state index in [4.69, 9.17) is 21.4 Å². The predicted molar refractivity (Wildman–Crippen MR) is 97.0 cm³/mol. The van der Waals surface area contributed by atoms with Gasteiger partial charge in [0, 0.05) is 19.2 Å². The SMILES string of the molecule is Cn1c(C(F)(F)F)cc(=O)n(-c2cc(OCc3nnnn3CC(=O)O)c(Cl)cc2F)c1=O. The molecule has 0 saturated heterocycles. The maximum absolute atomic E-state index is 14.5. The van der Waals surface area contributed by atoms with E-state index in [1.54, 1.807) is 0 Å². The van der Waals surface area contributed by atoms with Crippen molar-refractivity contribution in [3.63, 3.8) is 0 Å². The Morgan fingerprint density at radius 3 is 2.56 bits per heavy atom. The molecular formula is C16H11ClF4N6O5. The van der Waals surface area contributed by atoms with Crippen LogP contribution in [-0.4, -0.2) is 40.4 Å². The van der Waals surface area contributed by atoms with E-state index in [9.17, 15) is 31.9 Å². The lowest BCUT2D eigenvalue weighted by Crippen LogP contribution is -2.41. The van der Waals surface area contributed by atoms with Crippen molar-refractivity contribution in [1.29, 1.82) is 0 Å². The number of carboxylic acid groups (broad SMARTS) is 1. The summed E-state index contributed by atoms with van der Waals surface area (Å²) in [6.07, 6.45) is -4.99. The molecule has 0 amide bonds. The number of benzene rings is 1. The Morgan fingerprint density at radius 2 is 1.94 bits per heavy atom. The number of halogens is 5. The smallest absolute Gasteiger partial charge is 0.431 e. The Bertz CT molecular complexity index is 1320. The van der Waals surface area contributed by atoms with Gasteiger partial charge in [-0.1, -0.05) is 11.6 Å². The molecule has 0 atom stereocenters. The molecule has 1 N–H and O–H groups in total. The van der Waals surface area contributed by atoms with Gasteiger partial charge < -0.3 is 9.84 Å². The number of nitrogens with zero attached hydrogens (tertiary/aromatic N) is 6. The first-order chi connectivity index (χ1) is 14.9. The van der Waals surface area contributed by atoms with Gasteiger partial charge in [-0.15, -0.1) is 5.10 Å². The van der Waals surface area contributed by atoms with Crippen molar-refractivity contribution in [3.8, 4) is 11.4 Å². The number of aliphatic carboxylic acids is 1. The molecule has 170 valence electrons. The molecule has 16 heteroatoms. The van der Waals surface area contributed by atoms with Crippen LogP contribution >= 0.6 is 11.6 Å². The van der Waals surface area contributed by atoms with Crippen LogP contribution in [0.3, 0.4) is 0 Å². The van der Waals surface area contributed by atoms with Gasteiger partial charge >= 0.3 is 17.8 Å². The molecule has 2 heterocycles. The lowest BCUT2D eigenvalue weighted by atomic mass is 10.2. The van der Waals surface area contributed by atoms with Crippen LogP contribution in [0.25, 0.3) is 5.69 Å². The van der Waals surface area contributed by atoms with Crippen molar-refractivity contribution >= 4 is 17.6 Å². The van der Waals surface area contributed by atoms with E-state index in [0.717, 1.165) is 17.8 Å². The first-order valence-electron chi connectivity index (χ1n) is 8.39. The Hall–Kier alpha value is -3.75. The lowest BCUT2D eigenvalue weighted by molar-refractivity contribution is -0.144. The van der Waals surface area contributed by atoms with Gasteiger partial charge in [0.1, 0.15) is 30.4 Å². The van der Waals surface area contributed by atoms with Gasteiger partial charge in [-0.2, -0.15) is 13.2 Å². The Labute approximate surface area is 179 Å². The number of hydrogen-bond donors (Lipinski definition) is 1. The normalized spacial score (nSPS) is 11.6. The molecule has 11 nitrogen and oxygen atoms in total. The summed E-state index contributed by atoms with van der Waals surface area (Å²) in [6, 6.07) is 1.67. The minimum atomic E-state index is -4.99. The lowest BCUT2D eigenvalue weighted by Gasteiger charge is -2.15. The molecular weight excluding hydrogens is 468 g/mol. The fraction of sp³-hybridized carbons (Fsp3) is 0.250. The molecule has 0 spiro atoms. The molecule has 0 unspecified atom stereocenters. The molecule has 0 bridgehead atoms. The molecule has 0 aliphatic carbocycles. The second kappa shape index (κ2) is 8.41. The van der Waals surface area contributed by atoms with Gasteiger partial charge in [0.2, 0.25) is 0 Å². The summed E-state index contributed by atoms with van der Waals surface area (Å²) in [5.41, 5.74) is -5.12. The zero-order valence-corrected chi connectivity index (χ0v) is 16.6. The third kappa shape index (κ3) is 4.46. The van der Waals surface area contributed by atoms with E-state index in [-0.39, 0.29) is 31.8 Å². The third-order valence-electron chi connectivity index (χ3n) is 4.10. The molecule has 1 aromatic carbocycles. The van der Waals surface area contributed by atoms with Gasteiger partial charge in [-0.3, -0.25) is 14.2 Å². The first-order valence-corrected chi connectivity index (χ1v) is 8.77. The van der Waals surface area contributed by atoms with Gasteiger partial charge in [0.15, 0.2) is 5.82 Å². The number of tetrazole rings is 1. The average Bonchev–Trinajstić information content (AvgIpc) is 3.10. The first kappa shape index (κ1) is 22.9. The molecule has 32 heavy (non-hydrogen) atoms. The summed E-state index contributed by atoms with van der Waals surface area (Å²) in [4.78, 5) is 35.4. The fourth-order valence-electron chi connectivity index (χ4n) is 2.64. The van der Waals surface area contributed by atoms with Crippen LogP contribution in [0.1, 0.15) is 11.5 Å². The predicted octanol–water partition coefficient (Wildman–Crippen LogP) is 0.998. The van der Waals surface area contributed by atoms with Gasteiger partial charge in [-0.05, 0) is 16.5 Å². The average molecular weight is 479 g/mol. The molecule has 3 rings (SSSR count). The highest BCUT2D eigenvalue weighted by molar-refractivity contribution is 6.32. The Balaban J connectivity index is 2.03. The van der Waals surface area contributed by atoms with Crippen LogP contribution < -0.4 is 16.0 Å². The van der Waals surface area contributed by atoms with Gasteiger partial charge in [0.05, 0.1) is 10.7 Å². The number of aromatic nitrogens is 6. The number of alkyl halides is 3. The summed E-state index contributed by atoms with van der Waals surface area (Å²) in [7, 11) is 0.772. The van der Waals surface area contributed by atoms with E-state index in [0.29, 0.717) is 6.07 Å². The van der Waals surface area contributed by atoms with Gasteiger partial charge in [0.25, 0.3) is 5.56 Å². The molecule has 0 radical (unpaired) electrons. The maximum Gasteiger partial charge on any atom is 0.431 e. The van der Waals surface area contributed by atoms with Crippen LogP contribution in [0.15, 0.2) is 27.8 Å². The topological polar surface area (TPSA) is 134 Å². The summed E-state index contributed by atoms with van der Waals surface area (Å²) in [5.74, 6) is -2.74. The van der Waals surface area contributed by atoms with Crippen molar-refractivity contribution in [2.75, 3.05) is 0 Å². The monoisotopic (exact) mass is 478 g/mol. The molecule has 2 aromatic heterocycles. The highest BCUT2D eigenvalue weighted by Gasteiger charge is 2.35.